The van der Waals surface area contributed by atoms with Gasteiger partial charge in [-0.2, -0.15) is 26.3 Å². The topological polar surface area (TPSA) is 55.4 Å². The van der Waals surface area contributed by atoms with Gasteiger partial charge in [-0.05, 0) is 182 Å². The summed E-state index contributed by atoms with van der Waals surface area (Å²) in [5.74, 6) is 2.26. The van der Waals surface area contributed by atoms with Crippen LogP contribution in [0.4, 0.5) is 26.3 Å². The number of halogens is 6. The van der Waals surface area contributed by atoms with E-state index in [1.165, 1.54) is 0 Å². The second-order valence-corrected chi connectivity index (χ2v) is 22.1. The Hall–Kier alpha value is -4.09. The third kappa shape index (κ3) is 8.22. The van der Waals surface area contributed by atoms with Gasteiger partial charge in [-0.1, -0.05) is 0 Å². The van der Waals surface area contributed by atoms with Crippen molar-refractivity contribution in [2.75, 3.05) is 0 Å². The SMILES string of the molecule is CC(C)Oc1cc2c(cc1OC(C)C)[Si]1(c3cc(C(F)(F)F)cc(C(F)(F)F)c3)c3cc(OC(C)C)c(OC(C)C)cc3P2c2cc(OC(C)C)c(OC(C)C)cc21. The summed E-state index contributed by atoms with van der Waals surface area (Å²) in [6.45, 7) is 22.3. The van der Waals surface area contributed by atoms with Crippen molar-refractivity contribution in [2.24, 2.45) is 0 Å². The molecule has 14 heteroatoms. The maximum atomic E-state index is 14.9. The second-order valence-electron chi connectivity index (χ2n) is 16.3. The normalized spacial score (nSPS) is 17.3. The van der Waals surface area contributed by atoms with Gasteiger partial charge in [0, 0.05) is 0 Å². The van der Waals surface area contributed by atoms with Crippen LogP contribution in [0.25, 0.3) is 0 Å². The molecule has 0 saturated carbocycles. The number of hydrogen-bond donors (Lipinski definition) is 0. The Bertz CT molecular complexity index is 1970. The first-order valence-electron chi connectivity index (χ1n) is 19.6. The van der Waals surface area contributed by atoms with Crippen molar-refractivity contribution in [2.45, 2.75) is 132 Å². The van der Waals surface area contributed by atoms with Crippen LogP contribution < -0.4 is 65.1 Å². The van der Waals surface area contributed by atoms with Crippen LogP contribution in [0.15, 0.2) is 54.6 Å². The quantitative estimate of drug-likeness (QED) is 0.0664. The zero-order valence-electron chi connectivity index (χ0n) is 34.8. The molecule has 0 N–H and O–H groups in total. The smallest absolute Gasteiger partial charge is 0.416 e. The van der Waals surface area contributed by atoms with Crippen molar-refractivity contribution in [1.82, 2.24) is 0 Å². The molecule has 0 unspecified atom stereocenters. The van der Waals surface area contributed by atoms with E-state index in [0.717, 1.165) is 28.0 Å². The molecule has 4 aromatic carbocycles. The van der Waals surface area contributed by atoms with Crippen molar-refractivity contribution in [3.8, 4) is 34.5 Å². The van der Waals surface area contributed by atoms with E-state index in [9.17, 15) is 26.3 Å². The summed E-state index contributed by atoms with van der Waals surface area (Å²) >= 11 is 0. The van der Waals surface area contributed by atoms with Crippen LogP contribution in [0.3, 0.4) is 0 Å². The summed E-state index contributed by atoms with van der Waals surface area (Å²) in [4.78, 5) is 0. The molecule has 3 heterocycles. The lowest BCUT2D eigenvalue weighted by Crippen LogP contribution is -2.86. The molecule has 0 saturated heterocycles. The predicted octanol–water partition coefficient (Wildman–Crippen LogP) is 8.21. The number of rotatable bonds is 13. The Labute approximate surface area is 338 Å². The second kappa shape index (κ2) is 15.8. The number of ether oxygens (including phenoxy) is 6. The van der Waals surface area contributed by atoms with E-state index < -0.39 is 39.5 Å². The molecule has 0 spiro atoms. The fourth-order valence-electron chi connectivity index (χ4n) is 7.64. The first kappa shape index (κ1) is 43.5. The molecule has 6 nitrogen and oxygen atoms in total. The first-order valence-corrected chi connectivity index (χ1v) is 22.9. The third-order valence-corrected chi connectivity index (χ3v) is 17.3. The van der Waals surface area contributed by atoms with Gasteiger partial charge in [0.05, 0.1) is 47.8 Å². The van der Waals surface area contributed by atoms with E-state index in [4.69, 9.17) is 28.4 Å². The summed E-state index contributed by atoms with van der Waals surface area (Å²) in [7, 11) is -5.85. The van der Waals surface area contributed by atoms with Crippen molar-refractivity contribution >= 4 is 52.7 Å². The van der Waals surface area contributed by atoms with E-state index in [1.807, 2.05) is 101 Å². The number of benzene rings is 4. The molecule has 0 aromatic heterocycles. The molecule has 0 atom stereocenters. The van der Waals surface area contributed by atoms with Crippen LogP contribution in [0.5, 0.6) is 34.5 Å². The summed E-state index contributed by atoms with van der Waals surface area (Å²) in [5, 5.41) is 3.89. The molecular formula is C44H51F6O6PSi. The number of hydrogen-bond acceptors (Lipinski definition) is 6. The molecule has 3 aliphatic heterocycles. The highest BCUT2D eigenvalue weighted by Crippen LogP contribution is 2.47. The Balaban J connectivity index is 1.91. The average molecular weight is 849 g/mol. The van der Waals surface area contributed by atoms with E-state index in [1.54, 1.807) is 18.2 Å². The fraction of sp³-hybridized carbons (Fsp3) is 0.455. The highest BCUT2D eigenvalue weighted by Gasteiger charge is 2.57. The highest BCUT2D eigenvalue weighted by atomic mass is 31.1. The maximum absolute atomic E-state index is 14.9. The van der Waals surface area contributed by atoms with Crippen LogP contribution in [-0.2, 0) is 12.4 Å². The molecule has 4 aromatic rings. The number of alkyl halides is 6. The average Bonchev–Trinajstić information content (AvgIpc) is 3.06. The molecule has 0 amide bonds. The van der Waals surface area contributed by atoms with Crippen molar-refractivity contribution in [3.63, 3.8) is 0 Å². The minimum Gasteiger partial charge on any atom is -0.487 e. The van der Waals surface area contributed by atoms with Crippen LogP contribution in [0.2, 0.25) is 0 Å². The largest absolute Gasteiger partial charge is 0.487 e. The fourth-order valence-corrected chi connectivity index (χ4v) is 17.6. The van der Waals surface area contributed by atoms with Gasteiger partial charge in [0.25, 0.3) is 0 Å². The Morgan fingerprint density at radius 3 is 0.845 bits per heavy atom. The van der Waals surface area contributed by atoms with Gasteiger partial charge in [0.2, 0.25) is 0 Å². The van der Waals surface area contributed by atoms with Gasteiger partial charge in [-0.25, -0.2) is 0 Å². The lowest BCUT2D eigenvalue weighted by atomic mass is 10.1. The van der Waals surface area contributed by atoms with Crippen LogP contribution >= 0.6 is 7.92 Å². The minimum atomic E-state index is -5.10. The molecule has 0 aliphatic carbocycles. The standard InChI is InChI=1S/C44H51F6O6PSi/c1-22(2)51-31-16-37-40(19-34(31)54-25(7)8)58(30-14-28(43(45,46)47)13-29(15-30)44(48,49)50)41-20-35(55-26(9)10)32(52-23(3)4)17-38(41)57(37)39-18-33(53-24(5)6)36(21-42(39)58)56-27(11)12/h13-27H,1-12H3. The van der Waals surface area contributed by atoms with E-state index in [2.05, 4.69) is 0 Å². The van der Waals surface area contributed by atoms with Gasteiger partial charge in [-0.3, -0.25) is 0 Å². The maximum Gasteiger partial charge on any atom is 0.416 e. The van der Waals surface area contributed by atoms with E-state index >= 15 is 0 Å². The van der Waals surface area contributed by atoms with Crippen molar-refractivity contribution < 1.29 is 54.8 Å². The lowest BCUT2D eigenvalue weighted by molar-refractivity contribution is -0.143. The summed E-state index contributed by atoms with van der Waals surface area (Å²) in [6, 6.07) is 12.9. The Morgan fingerprint density at radius 2 is 0.621 bits per heavy atom. The molecule has 7 rings (SSSR count). The minimum absolute atomic E-state index is 0.109. The van der Waals surface area contributed by atoms with Gasteiger partial charge < -0.3 is 28.4 Å². The van der Waals surface area contributed by atoms with E-state index in [-0.39, 0.29) is 47.9 Å². The Kier molecular flexibility index (Phi) is 11.9. The zero-order chi connectivity index (χ0) is 42.8. The molecule has 0 radical (unpaired) electrons. The molecule has 314 valence electrons. The van der Waals surface area contributed by atoms with Crippen LogP contribution in [0.1, 0.15) is 94.2 Å². The lowest BCUT2D eigenvalue weighted by Gasteiger charge is -2.50. The zero-order valence-corrected chi connectivity index (χ0v) is 36.7. The van der Waals surface area contributed by atoms with Gasteiger partial charge in [-0.15, -0.1) is 0 Å². The van der Waals surface area contributed by atoms with E-state index in [0.29, 0.717) is 50.1 Å². The van der Waals surface area contributed by atoms with Crippen molar-refractivity contribution in [1.29, 1.82) is 0 Å². The molecular weight excluding hydrogens is 798 g/mol. The van der Waals surface area contributed by atoms with Gasteiger partial charge in [0.1, 0.15) is 0 Å². The molecule has 2 bridgehead atoms. The summed E-state index contributed by atoms with van der Waals surface area (Å²) < 4.78 is 128. The first-order chi connectivity index (χ1) is 26.9. The van der Waals surface area contributed by atoms with Crippen LogP contribution in [-0.4, -0.2) is 44.7 Å². The predicted molar refractivity (Wildman–Crippen MR) is 220 cm³/mol. The molecule has 3 aliphatic rings. The summed E-state index contributed by atoms with van der Waals surface area (Å²) in [5.41, 5.74) is -2.81. The molecule has 58 heavy (non-hydrogen) atoms. The monoisotopic (exact) mass is 848 g/mol. The third-order valence-electron chi connectivity index (χ3n) is 9.32. The summed E-state index contributed by atoms with van der Waals surface area (Å²) in [6.07, 6.45) is -12.1. The molecule has 0 fully saturated rings. The highest BCUT2D eigenvalue weighted by molar-refractivity contribution is 7.83. The van der Waals surface area contributed by atoms with Crippen molar-refractivity contribution in [3.05, 3.63) is 65.7 Å². The van der Waals surface area contributed by atoms with Gasteiger partial charge in [0.15, 0.2) is 42.6 Å². The Morgan fingerprint density at radius 1 is 0.379 bits per heavy atom. The van der Waals surface area contributed by atoms with Gasteiger partial charge >= 0.3 is 12.4 Å². The van der Waals surface area contributed by atoms with Crippen LogP contribution in [0, 0.1) is 0 Å².